The van der Waals surface area contributed by atoms with Crippen molar-refractivity contribution >= 4 is 51.0 Å². The molecule has 0 fully saturated rings. The van der Waals surface area contributed by atoms with Gasteiger partial charge in [-0.2, -0.15) is 13.2 Å². The predicted molar refractivity (Wildman–Crippen MR) is 118 cm³/mol. The van der Waals surface area contributed by atoms with Crippen LogP contribution >= 0.6 is 27.9 Å². The molecule has 0 saturated heterocycles. The van der Waals surface area contributed by atoms with Gasteiger partial charge >= 0.3 is 6.18 Å². The van der Waals surface area contributed by atoms with Crippen molar-refractivity contribution < 1.29 is 17.9 Å². The Morgan fingerprint density at radius 1 is 1.03 bits per heavy atom. The van der Waals surface area contributed by atoms with Crippen molar-refractivity contribution in [3.63, 3.8) is 0 Å². The Labute approximate surface area is 189 Å². The molecule has 0 radical (unpaired) electrons. The van der Waals surface area contributed by atoms with Gasteiger partial charge in [0.15, 0.2) is 6.61 Å². The molecule has 164 valence electrons. The van der Waals surface area contributed by atoms with Crippen LogP contribution in [0, 0.1) is 6.92 Å². The topological polar surface area (TPSA) is 84.0 Å². The third kappa shape index (κ3) is 7.26. The molecule has 31 heavy (non-hydrogen) atoms. The number of pyridine rings is 1. The van der Waals surface area contributed by atoms with Crippen molar-refractivity contribution in [2.45, 2.75) is 18.0 Å². The van der Waals surface area contributed by atoms with E-state index in [-0.39, 0.29) is 5.75 Å². The summed E-state index contributed by atoms with van der Waals surface area (Å²) in [6.07, 6.45) is -3.12. The van der Waals surface area contributed by atoms with Crippen molar-refractivity contribution in [1.29, 1.82) is 0 Å². The molecule has 0 unspecified atom stereocenters. The molecule has 7 nitrogen and oxygen atoms in total. The number of nitrogens with zero attached hydrogens (tertiary/aromatic N) is 3. The molecular weight excluding hydrogens is 497 g/mol. The summed E-state index contributed by atoms with van der Waals surface area (Å²) in [5.74, 6) is 1.46. The Morgan fingerprint density at radius 2 is 1.77 bits per heavy atom. The number of aromatic nitrogens is 3. The zero-order valence-corrected chi connectivity index (χ0v) is 18.8. The van der Waals surface area contributed by atoms with E-state index in [9.17, 15) is 13.2 Å². The van der Waals surface area contributed by atoms with Gasteiger partial charge in [0, 0.05) is 11.0 Å². The van der Waals surface area contributed by atoms with Gasteiger partial charge < -0.3 is 15.4 Å². The minimum Gasteiger partial charge on any atom is -0.482 e. The fourth-order valence-electron chi connectivity index (χ4n) is 2.53. The number of alkyl halides is 3. The first-order chi connectivity index (χ1) is 14.7. The fraction of sp³-hybridized carbons (Fsp3) is 0.211. The number of hydrogen-bond acceptors (Lipinski definition) is 8. The van der Waals surface area contributed by atoms with Crippen LogP contribution in [0.25, 0.3) is 0 Å². The Hall–Kier alpha value is -2.57. The zero-order valence-electron chi connectivity index (χ0n) is 16.4. The largest absolute Gasteiger partial charge is 0.482 e. The summed E-state index contributed by atoms with van der Waals surface area (Å²) in [4.78, 5) is 13.4. The highest BCUT2D eigenvalue weighted by atomic mass is 79.9. The second-order valence-corrected chi connectivity index (χ2v) is 8.16. The van der Waals surface area contributed by atoms with E-state index in [2.05, 4.69) is 46.2 Å². The van der Waals surface area contributed by atoms with Gasteiger partial charge in [-0.3, -0.25) is 4.72 Å². The molecule has 3 rings (SSSR count). The Bertz CT molecular complexity index is 1030. The third-order valence-electron chi connectivity index (χ3n) is 3.69. The second kappa shape index (κ2) is 10.2. The van der Waals surface area contributed by atoms with Crippen molar-refractivity contribution in [1.82, 2.24) is 19.7 Å². The van der Waals surface area contributed by atoms with E-state index >= 15 is 0 Å². The summed E-state index contributed by atoms with van der Waals surface area (Å²) in [6.45, 7) is 0.536. The molecule has 3 N–H and O–H groups in total. The molecule has 0 spiro atoms. The molecule has 1 aromatic carbocycles. The first kappa shape index (κ1) is 23.1. The van der Waals surface area contributed by atoms with Gasteiger partial charge in [-0.1, -0.05) is 0 Å². The van der Waals surface area contributed by atoms with Gasteiger partial charge in [0.2, 0.25) is 0 Å². The predicted octanol–water partition coefficient (Wildman–Crippen LogP) is 5.60. The van der Waals surface area contributed by atoms with Crippen LogP contribution < -0.4 is 20.1 Å². The Kier molecular flexibility index (Phi) is 7.57. The van der Waals surface area contributed by atoms with Crippen LogP contribution in [0.2, 0.25) is 0 Å². The van der Waals surface area contributed by atoms with Crippen molar-refractivity contribution in [2.24, 2.45) is 0 Å². The highest BCUT2D eigenvalue weighted by molar-refractivity contribution is 9.10. The van der Waals surface area contributed by atoms with E-state index in [1.807, 2.05) is 19.1 Å². The van der Waals surface area contributed by atoms with E-state index in [4.69, 9.17) is 4.74 Å². The maximum Gasteiger partial charge on any atom is 0.422 e. The number of hydrogen-bond donors (Lipinski definition) is 3. The normalized spacial score (nSPS) is 11.3. The van der Waals surface area contributed by atoms with Crippen LogP contribution in [-0.4, -0.2) is 34.8 Å². The third-order valence-corrected chi connectivity index (χ3v) is 4.79. The summed E-state index contributed by atoms with van der Waals surface area (Å²) >= 11 is 4.66. The first-order valence-electron chi connectivity index (χ1n) is 8.89. The highest BCUT2D eigenvalue weighted by Gasteiger charge is 2.29. The lowest BCUT2D eigenvalue weighted by Crippen LogP contribution is -2.19. The monoisotopic (exact) mass is 514 g/mol. The molecule has 0 atom stereocenters. The molecular formula is C19H18BrF3N6OS. The molecule has 0 aliphatic carbocycles. The molecule has 2 heterocycles. The average molecular weight is 515 g/mol. The van der Waals surface area contributed by atoms with Crippen molar-refractivity contribution in [3.8, 4) is 5.75 Å². The first-order valence-corrected chi connectivity index (χ1v) is 10.5. The minimum atomic E-state index is -4.45. The van der Waals surface area contributed by atoms with Crippen LogP contribution in [0.15, 0.2) is 52.2 Å². The lowest BCUT2D eigenvalue weighted by atomic mass is 10.3. The number of benzene rings is 1. The SMILES string of the molecule is CNSc1ccc(OCC(F)(F)F)c(Nc2cc(Nc3cc(C)cc(Br)n3)ncn2)c1. The Balaban J connectivity index is 1.83. The number of anilines is 4. The number of rotatable bonds is 8. The number of ether oxygens (including phenoxy) is 1. The minimum absolute atomic E-state index is 0.0511. The van der Waals surface area contributed by atoms with E-state index in [0.717, 1.165) is 10.5 Å². The second-order valence-electron chi connectivity index (χ2n) is 6.26. The molecule has 0 aliphatic heterocycles. The Morgan fingerprint density at radius 3 is 2.45 bits per heavy atom. The lowest BCUT2D eigenvalue weighted by molar-refractivity contribution is -0.153. The van der Waals surface area contributed by atoms with Crippen LogP contribution in [-0.2, 0) is 0 Å². The van der Waals surface area contributed by atoms with Crippen molar-refractivity contribution in [3.05, 3.63) is 52.9 Å². The summed E-state index contributed by atoms with van der Waals surface area (Å²) in [5, 5.41) is 6.08. The smallest absolute Gasteiger partial charge is 0.422 e. The molecule has 3 aromatic rings. The fourth-order valence-corrected chi connectivity index (χ4v) is 3.63. The zero-order chi connectivity index (χ0) is 22.4. The van der Waals surface area contributed by atoms with Crippen LogP contribution in [0.1, 0.15) is 5.56 Å². The van der Waals surface area contributed by atoms with Gasteiger partial charge in [0.25, 0.3) is 0 Å². The molecule has 0 aliphatic rings. The highest BCUT2D eigenvalue weighted by Crippen LogP contribution is 2.33. The number of aryl methyl sites for hydroxylation is 1. The van der Waals surface area contributed by atoms with E-state index in [0.29, 0.717) is 27.7 Å². The summed E-state index contributed by atoms with van der Waals surface area (Å²) in [7, 11) is 1.74. The maximum absolute atomic E-state index is 12.6. The van der Waals surface area contributed by atoms with Crippen LogP contribution in [0.3, 0.4) is 0 Å². The average Bonchev–Trinajstić information content (AvgIpc) is 2.66. The van der Waals surface area contributed by atoms with Gasteiger partial charge in [0.05, 0.1) is 5.69 Å². The van der Waals surface area contributed by atoms with E-state index < -0.39 is 12.8 Å². The number of halogens is 4. The lowest BCUT2D eigenvalue weighted by Gasteiger charge is -2.15. The van der Waals surface area contributed by atoms with E-state index in [1.165, 1.54) is 24.3 Å². The maximum atomic E-state index is 12.6. The van der Waals surface area contributed by atoms with Gasteiger partial charge in [-0.05, 0) is 77.7 Å². The summed E-state index contributed by atoms with van der Waals surface area (Å²) in [5.41, 5.74) is 1.34. The standard InChI is InChI=1S/C19H18BrF3N6OS/c1-11-5-15(20)28-18(6-11)29-17-8-16(25-10-26-17)27-13-7-12(31-24-2)3-4-14(13)30-9-19(21,22)23/h3-8,10,24H,9H2,1-2H3,(H2,25,26,27,28,29). The summed E-state index contributed by atoms with van der Waals surface area (Å²) < 4.78 is 46.4. The van der Waals surface area contributed by atoms with Crippen LogP contribution in [0.4, 0.5) is 36.3 Å². The molecule has 0 bridgehead atoms. The van der Waals surface area contributed by atoms with E-state index in [1.54, 1.807) is 25.2 Å². The quantitative estimate of drug-likeness (QED) is 0.264. The van der Waals surface area contributed by atoms with Crippen LogP contribution in [0.5, 0.6) is 5.75 Å². The van der Waals surface area contributed by atoms with Gasteiger partial charge in [-0.15, -0.1) is 0 Å². The van der Waals surface area contributed by atoms with Gasteiger partial charge in [-0.25, -0.2) is 15.0 Å². The molecule has 0 saturated carbocycles. The molecule has 0 amide bonds. The summed E-state index contributed by atoms with van der Waals surface area (Å²) in [6, 6.07) is 10.1. The number of nitrogens with one attached hydrogen (secondary N) is 3. The van der Waals surface area contributed by atoms with Crippen molar-refractivity contribution in [2.75, 3.05) is 24.3 Å². The molecule has 2 aromatic heterocycles. The molecule has 12 heteroatoms. The van der Waals surface area contributed by atoms with Gasteiger partial charge in [0.1, 0.15) is 34.1 Å².